The van der Waals surface area contributed by atoms with Crippen LogP contribution in [-0.2, 0) is 4.74 Å². The Morgan fingerprint density at radius 2 is 1.86 bits per heavy atom. The third kappa shape index (κ3) is 4.46. The van der Waals surface area contributed by atoms with Gasteiger partial charge in [-0.1, -0.05) is 18.2 Å². The molecule has 0 saturated carbocycles. The molecule has 0 radical (unpaired) electrons. The Morgan fingerprint density at radius 3 is 2.48 bits per heavy atom. The van der Waals surface area contributed by atoms with Crippen molar-refractivity contribution in [3.05, 3.63) is 70.4 Å². The largest absolute Gasteiger partial charge is 0.494 e. The summed E-state index contributed by atoms with van der Waals surface area (Å²) in [5.74, 6) is -0.853. The number of ether oxygens (including phenoxy) is 2. The molecule has 0 saturated heterocycles. The van der Waals surface area contributed by atoms with Gasteiger partial charge in [0.15, 0.2) is 0 Å². The van der Waals surface area contributed by atoms with E-state index in [9.17, 15) is 14.0 Å². The number of aryl methyl sites for hydroxylation is 1. The average molecular weight is 413 g/mol. The van der Waals surface area contributed by atoms with Crippen LogP contribution in [0.1, 0.15) is 32.5 Å². The van der Waals surface area contributed by atoms with Gasteiger partial charge in [-0.25, -0.2) is 9.18 Å². The average Bonchev–Trinajstić information content (AvgIpc) is 3.03. The second-order valence-electron chi connectivity index (χ2n) is 6.15. The van der Waals surface area contributed by atoms with E-state index in [0.29, 0.717) is 17.2 Å². The zero-order valence-electron chi connectivity index (χ0n) is 16.2. The molecule has 1 heterocycles. The molecular formula is C22H20FNO4S. The normalized spacial score (nSPS) is 10.5. The van der Waals surface area contributed by atoms with Gasteiger partial charge in [0.1, 0.15) is 22.1 Å². The highest BCUT2D eigenvalue weighted by molar-refractivity contribution is 7.17. The Bertz CT molecular complexity index is 1040. The summed E-state index contributed by atoms with van der Waals surface area (Å²) in [5.41, 5.74) is 1.91. The number of esters is 1. The summed E-state index contributed by atoms with van der Waals surface area (Å²) in [6.07, 6.45) is 0. The first-order valence-corrected chi connectivity index (χ1v) is 9.78. The minimum absolute atomic E-state index is 0.162. The smallest absolute Gasteiger partial charge is 0.341 e. The van der Waals surface area contributed by atoms with Crippen molar-refractivity contribution >= 4 is 28.2 Å². The highest BCUT2D eigenvalue weighted by Crippen LogP contribution is 2.41. The second-order valence-corrected chi connectivity index (χ2v) is 7.38. The maximum absolute atomic E-state index is 13.4. The van der Waals surface area contributed by atoms with E-state index in [4.69, 9.17) is 9.47 Å². The van der Waals surface area contributed by atoms with E-state index < -0.39 is 17.7 Å². The molecule has 150 valence electrons. The van der Waals surface area contributed by atoms with Gasteiger partial charge in [-0.05, 0) is 49.7 Å². The van der Waals surface area contributed by atoms with Gasteiger partial charge in [-0.3, -0.25) is 4.79 Å². The summed E-state index contributed by atoms with van der Waals surface area (Å²) in [7, 11) is 1.29. The Morgan fingerprint density at radius 1 is 1.14 bits per heavy atom. The number of anilines is 1. The minimum Gasteiger partial charge on any atom is -0.494 e. The number of amides is 1. The summed E-state index contributed by atoms with van der Waals surface area (Å²) >= 11 is 1.26. The molecule has 29 heavy (non-hydrogen) atoms. The quantitative estimate of drug-likeness (QED) is 0.557. The molecule has 1 amide bonds. The Kier molecular flexibility index (Phi) is 6.29. The maximum atomic E-state index is 13.4. The van der Waals surface area contributed by atoms with E-state index in [-0.39, 0.29) is 11.1 Å². The first kappa shape index (κ1) is 20.5. The maximum Gasteiger partial charge on any atom is 0.341 e. The summed E-state index contributed by atoms with van der Waals surface area (Å²) in [6, 6.07) is 12.7. The van der Waals surface area contributed by atoms with E-state index in [0.717, 1.165) is 22.3 Å². The Hall–Kier alpha value is -3.19. The summed E-state index contributed by atoms with van der Waals surface area (Å²) < 4.78 is 23.9. The molecule has 0 aliphatic carbocycles. The minimum atomic E-state index is -0.562. The molecule has 3 aromatic rings. The van der Waals surface area contributed by atoms with Crippen molar-refractivity contribution in [3.63, 3.8) is 0 Å². The van der Waals surface area contributed by atoms with Crippen LogP contribution in [0.3, 0.4) is 0 Å². The highest BCUT2D eigenvalue weighted by Gasteiger charge is 2.25. The van der Waals surface area contributed by atoms with Crippen molar-refractivity contribution in [2.24, 2.45) is 0 Å². The van der Waals surface area contributed by atoms with E-state index in [1.165, 1.54) is 36.6 Å². The molecule has 0 aliphatic heterocycles. The van der Waals surface area contributed by atoms with Gasteiger partial charge in [0.05, 0.1) is 13.7 Å². The van der Waals surface area contributed by atoms with Crippen LogP contribution >= 0.6 is 11.3 Å². The van der Waals surface area contributed by atoms with Crippen LogP contribution in [0.25, 0.3) is 11.1 Å². The lowest BCUT2D eigenvalue weighted by atomic mass is 10.0. The van der Waals surface area contributed by atoms with Crippen LogP contribution in [0, 0.1) is 12.7 Å². The lowest BCUT2D eigenvalue weighted by Gasteiger charge is -2.09. The fourth-order valence-corrected chi connectivity index (χ4v) is 4.03. The standard InChI is InChI=1S/C22H20FNO4S/c1-4-28-17-10-8-14(9-11-17)18-13(2)29-21(19(18)22(26)27-3)24-20(25)15-6-5-7-16(23)12-15/h5-12H,4H2,1-3H3,(H,24,25). The first-order valence-electron chi connectivity index (χ1n) is 8.96. The van der Waals surface area contributed by atoms with Gasteiger partial charge >= 0.3 is 5.97 Å². The molecule has 1 aromatic heterocycles. The van der Waals surface area contributed by atoms with Gasteiger partial charge in [0.25, 0.3) is 5.91 Å². The number of thiophene rings is 1. The third-order valence-corrected chi connectivity index (χ3v) is 5.26. The lowest BCUT2D eigenvalue weighted by molar-refractivity contribution is 0.0603. The number of benzene rings is 2. The predicted octanol–water partition coefficient (Wildman–Crippen LogP) is 5.30. The van der Waals surface area contributed by atoms with Crippen LogP contribution < -0.4 is 10.1 Å². The molecule has 0 aliphatic rings. The molecule has 3 rings (SSSR count). The monoisotopic (exact) mass is 413 g/mol. The van der Waals surface area contributed by atoms with Gasteiger partial charge in [0.2, 0.25) is 0 Å². The SMILES string of the molecule is CCOc1ccc(-c2c(C)sc(NC(=O)c3cccc(F)c3)c2C(=O)OC)cc1. The van der Waals surface area contributed by atoms with Gasteiger partial charge in [-0.15, -0.1) is 11.3 Å². The number of nitrogens with one attached hydrogen (secondary N) is 1. The Balaban J connectivity index is 2.01. The van der Waals surface area contributed by atoms with Crippen molar-refractivity contribution in [1.29, 1.82) is 0 Å². The van der Waals surface area contributed by atoms with E-state index in [2.05, 4.69) is 5.32 Å². The van der Waals surface area contributed by atoms with Crippen molar-refractivity contribution < 1.29 is 23.5 Å². The zero-order chi connectivity index (χ0) is 21.0. The molecule has 5 nitrogen and oxygen atoms in total. The van der Waals surface area contributed by atoms with Gasteiger partial charge in [-0.2, -0.15) is 0 Å². The molecule has 7 heteroatoms. The van der Waals surface area contributed by atoms with E-state index in [1.54, 1.807) is 0 Å². The summed E-state index contributed by atoms with van der Waals surface area (Å²) in [6.45, 7) is 4.32. The molecule has 0 fully saturated rings. The summed E-state index contributed by atoms with van der Waals surface area (Å²) in [4.78, 5) is 25.9. The highest BCUT2D eigenvalue weighted by atomic mass is 32.1. The number of methoxy groups -OCH3 is 1. The lowest BCUT2D eigenvalue weighted by Crippen LogP contribution is -2.14. The van der Waals surface area contributed by atoms with Crippen molar-refractivity contribution in [3.8, 4) is 16.9 Å². The molecule has 0 bridgehead atoms. The number of hydrogen-bond acceptors (Lipinski definition) is 5. The molecule has 0 spiro atoms. The number of carbonyl (C=O) groups is 2. The second kappa shape index (κ2) is 8.87. The molecule has 0 unspecified atom stereocenters. The topological polar surface area (TPSA) is 64.6 Å². The number of rotatable bonds is 6. The first-order chi connectivity index (χ1) is 13.9. The van der Waals surface area contributed by atoms with E-state index >= 15 is 0 Å². The zero-order valence-corrected chi connectivity index (χ0v) is 17.1. The number of halogens is 1. The molecule has 1 N–H and O–H groups in total. The van der Waals surface area contributed by atoms with Crippen LogP contribution in [-0.4, -0.2) is 25.6 Å². The van der Waals surface area contributed by atoms with Crippen LogP contribution in [0.15, 0.2) is 48.5 Å². The van der Waals surface area contributed by atoms with Gasteiger partial charge < -0.3 is 14.8 Å². The van der Waals surface area contributed by atoms with Crippen molar-refractivity contribution in [2.75, 3.05) is 19.0 Å². The molecular weight excluding hydrogens is 393 g/mol. The van der Waals surface area contributed by atoms with Crippen molar-refractivity contribution in [1.82, 2.24) is 0 Å². The molecule has 0 atom stereocenters. The summed E-state index contributed by atoms with van der Waals surface area (Å²) in [5, 5.41) is 3.07. The third-order valence-electron chi connectivity index (χ3n) is 4.24. The van der Waals surface area contributed by atoms with Crippen molar-refractivity contribution in [2.45, 2.75) is 13.8 Å². The number of carbonyl (C=O) groups excluding carboxylic acids is 2. The van der Waals surface area contributed by atoms with Crippen LogP contribution in [0.2, 0.25) is 0 Å². The predicted molar refractivity (Wildman–Crippen MR) is 111 cm³/mol. The fraction of sp³-hybridized carbons (Fsp3) is 0.182. The van der Waals surface area contributed by atoms with Crippen LogP contribution in [0.5, 0.6) is 5.75 Å². The number of hydrogen-bond donors (Lipinski definition) is 1. The van der Waals surface area contributed by atoms with Gasteiger partial charge in [0, 0.05) is 16.0 Å². The fourth-order valence-electron chi connectivity index (χ4n) is 2.97. The Labute approximate surface area is 172 Å². The van der Waals surface area contributed by atoms with Crippen LogP contribution in [0.4, 0.5) is 9.39 Å². The van der Waals surface area contributed by atoms with E-state index in [1.807, 2.05) is 38.1 Å². The molecule has 2 aromatic carbocycles.